The van der Waals surface area contributed by atoms with Gasteiger partial charge in [0.15, 0.2) is 0 Å². The molecule has 4 heteroatoms. The van der Waals surface area contributed by atoms with Crippen LogP contribution in [0.5, 0.6) is 5.75 Å². The number of nitrogens with zero attached hydrogens (tertiary/aromatic N) is 2. The quantitative estimate of drug-likeness (QED) is 0.386. The van der Waals surface area contributed by atoms with Crippen LogP contribution in [0.3, 0.4) is 0 Å². The molecule has 1 fully saturated rings. The number of hydrogen-bond donors (Lipinski definition) is 1. The number of rotatable bonds is 10. The summed E-state index contributed by atoms with van der Waals surface area (Å²) < 4.78 is 6.45. The maximum absolute atomic E-state index is 11.8. The number of benzene rings is 2. The molecule has 4 rings (SSSR count). The summed E-state index contributed by atoms with van der Waals surface area (Å²) in [5.41, 5.74) is 3.10. The molecule has 0 saturated carbocycles. The van der Waals surface area contributed by atoms with Crippen molar-refractivity contribution in [2.24, 2.45) is 5.92 Å². The van der Waals surface area contributed by atoms with E-state index < -0.39 is 5.60 Å². The molecule has 34 heavy (non-hydrogen) atoms. The lowest BCUT2D eigenvalue weighted by molar-refractivity contribution is 0.0177. The molecule has 0 aliphatic carbocycles. The fraction of sp³-hybridized carbons (Fsp3) is 0.567. The van der Waals surface area contributed by atoms with Gasteiger partial charge in [0.05, 0.1) is 18.1 Å². The van der Waals surface area contributed by atoms with E-state index in [1.807, 2.05) is 18.2 Å². The van der Waals surface area contributed by atoms with Gasteiger partial charge < -0.3 is 14.7 Å². The Labute approximate surface area is 205 Å². The third kappa shape index (κ3) is 5.10. The fourth-order valence-electron chi connectivity index (χ4n) is 5.87. The molecular formula is C30H40N2O2. The van der Waals surface area contributed by atoms with Crippen LogP contribution in [0.4, 0.5) is 5.69 Å². The van der Waals surface area contributed by atoms with Gasteiger partial charge in [0.2, 0.25) is 0 Å². The molecule has 2 aromatic rings. The van der Waals surface area contributed by atoms with Gasteiger partial charge in [-0.2, -0.15) is 5.26 Å². The average molecular weight is 461 g/mol. The number of nitriles is 1. The highest BCUT2D eigenvalue weighted by Gasteiger charge is 2.46. The van der Waals surface area contributed by atoms with E-state index in [1.165, 1.54) is 31.2 Å². The van der Waals surface area contributed by atoms with E-state index in [1.54, 1.807) is 0 Å². The van der Waals surface area contributed by atoms with Crippen molar-refractivity contribution < 1.29 is 9.84 Å². The third-order valence-electron chi connectivity index (χ3n) is 8.08. The minimum atomic E-state index is -1.17. The highest BCUT2D eigenvalue weighted by atomic mass is 16.5. The Morgan fingerprint density at radius 1 is 1.21 bits per heavy atom. The summed E-state index contributed by atoms with van der Waals surface area (Å²) in [4.78, 5) is 2.47. The number of anilines is 1. The van der Waals surface area contributed by atoms with Crippen LogP contribution in [-0.2, 0) is 12.2 Å². The van der Waals surface area contributed by atoms with Gasteiger partial charge in [0, 0.05) is 24.7 Å². The molecule has 4 nitrogen and oxygen atoms in total. The molecule has 182 valence electrons. The van der Waals surface area contributed by atoms with Crippen LogP contribution in [0.1, 0.15) is 94.7 Å². The van der Waals surface area contributed by atoms with E-state index in [-0.39, 0.29) is 6.42 Å². The summed E-state index contributed by atoms with van der Waals surface area (Å²) in [6.45, 7) is 8.38. The average Bonchev–Trinajstić information content (AvgIpc) is 3.31. The molecule has 0 bridgehead atoms. The molecule has 4 atom stereocenters. The largest absolute Gasteiger partial charge is 0.488 e. The van der Waals surface area contributed by atoms with Crippen LogP contribution in [-0.4, -0.2) is 17.7 Å². The Kier molecular flexibility index (Phi) is 7.84. The lowest BCUT2D eigenvalue weighted by atomic mass is 9.77. The monoisotopic (exact) mass is 460 g/mol. The van der Waals surface area contributed by atoms with Crippen molar-refractivity contribution in [1.82, 2.24) is 0 Å². The zero-order chi connectivity index (χ0) is 24.1. The number of aliphatic hydroxyl groups is 1. The first-order chi connectivity index (χ1) is 16.5. The highest BCUT2D eigenvalue weighted by molar-refractivity contribution is 5.67. The lowest BCUT2D eigenvalue weighted by Gasteiger charge is -2.44. The van der Waals surface area contributed by atoms with Crippen molar-refractivity contribution in [2.75, 3.05) is 11.4 Å². The van der Waals surface area contributed by atoms with Crippen LogP contribution in [0.15, 0.2) is 42.5 Å². The van der Waals surface area contributed by atoms with Crippen molar-refractivity contribution in [2.45, 2.75) is 96.3 Å². The molecule has 4 unspecified atom stereocenters. The van der Waals surface area contributed by atoms with Crippen LogP contribution in [0, 0.1) is 17.2 Å². The van der Waals surface area contributed by atoms with Gasteiger partial charge >= 0.3 is 0 Å². The van der Waals surface area contributed by atoms with E-state index in [2.05, 4.69) is 56.0 Å². The highest BCUT2D eigenvalue weighted by Crippen LogP contribution is 2.51. The molecule has 2 aliphatic rings. The molecule has 2 aromatic carbocycles. The summed E-state index contributed by atoms with van der Waals surface area (Å²) in [6.07, 6.45) is 7.89. The molecule has 1 saturated heterocycles. The van der Waals surface area contributed by atoms with Crippen molar-refractivity contribution >= 4 is 5.69 Å². The Morgan fingerprint density at radius 3 is 2.74 bits per heavy atom. The predicted molar refractivity (Wildman–Crippen MR) is 138 cm³/mol. The number of ether oxygens (including phenoxy) is 1. The van der Waals surface area contributed by atoms with Gasteiger partial charge in [-0.25, -0.2) is 0 Å². The van der Waals surface area contributed by atoms with Gasteiger partial charge in [-0.15, -0.1) is 0 Å². The van der Waals surface area contributed by atoms with Crippen LogP contribution >= 0.6 is 0 Å². The summed E-state index contributed by atoms with van der Waals surface area (Å²) in [7, 11) is 0. The predicted octanol–water partition coefficient (Wildman–Crippen LogP) is 7.06. The van der Waals surface area contributed by atoms with Crippen molar-refractivity contribution in [3.8, 4) is 11.8 Å². The molecular weight excluding hydrogens is 420 g/mol. The van der Waals surface area contributed by atoms with Gasteiger partial charge in [0.1, 0.15) is 18.0 Å². The van der Waals surface area contributed by atoms with Gasteiger partial charge in [-0.3, -0.25) is 0 Å². The number of fused-ring (bicyclic) bond motifs is 3. The first-order valence-corrected chi connectivity index (χ1v) is 13.2. The number of hydrogen-bond acceptors (Lipinski definition) is 4. The maximum Gasteiger partial charge on any atom is 0.128 e. The zero-order valence-electron chi connectivity index (χ0n) is 21.1. The SMILES string of the molecule is CCCCCC(C)C(C)c1cc(OCc2ccccc2)c2c(c1)N1CCCC1CC2(O)CC#N. The summed E-state index contributed by atoms with van der Waals surface area (Å²) >= 11 is 0. The Bertz CT molecular complexity index is 999. The summed E-state index contributed by atoms with van der Waals surface area (Å²) in [5.74, 6) is 1.71. The van der Waals surface area contributed by atoms with Crippen molar-refractivity contribution in [3.63, 3.8) is 0 Å². The fourth-order valence-corrected chi connectivity index (χ4v) is 5.87. The van der Waals surface area contributed by atoms with Crippen molar-refractivity contribution in [1.29, 1.82) is 5.26 Å². The standard InChI is InChI=1S/C30H40N2O2/c1-4-5-7-11-22(2)23(3)25-18-27-29(28(19-25)34-21-24-12-8-6-9-13-24)30(33,15-16-31)20-26-14-10-17-32(26)27/h6,8-9,12-13,18-19,22-23,26,33H,4-5,7,10-11,14-15,17,20-21H2,1-3H3. The van der Waals surface area contributed by atoms with E-state index >= 15 is 0 Å². The second-order valence-corrected chi connectivity index (χ2v) is 10.5. The van der Waals surface area contributed by atoms with Crippen LogP contribution in [0.25, 0.3) is 0 Å². The van der Waals surface area contributed by atoms with Crippen LogP contribution < -0.4 is 9.64 Å². The van der Waals surface area contributed by atoms with E-state index in [4.69, 9.17) is 4.74 Å². The first-order valence-electron chi connectivity index (χ1n) is 13.2. The van der Waals surface area contributed by atoms with Crippen LogP contribution in [0.2, 0.25) is 0 Å². The molecule has 2 aliphatic heterocycles. The maximum atomic E-state index is 11.8. The van der Waals surface area contributed by atoms with Gasteiger partial charge in [0.25, 0.3) is 0 Å². The summed E-state index contributed by atoms with van der Waals surface area (Å²) in [5, 5.41) is 21.4. The minimum Gasteiger partial charge on any atom is -0.488 e. The Balaban J connectivity index is 1.75. The lowest BCUT2D eigenvalue weighted by Crippen LogP contribution is -2.44. The van der Waals surface area contributed by atoms with E-state index in [0.29, 0.717) is 30.9 Å². The van der Waals surface area contributed by atoms with Gasteiger partial charge in [-0.05, 0) is 47.9 Å². The smallest absolute Gasteiger partial charge is 0.128 e. The second-order valence-electron chi connectivity index (χ2n) is 10.5. The van der Waals surface area contributed by atoms with Gasteiger partial charge in [-0.1, -0.05) is 76.8 Å². The Morgan fingerprint density at radius 2 is 2.00 bits per heavy atom. The Hall–Kier alpha value is -2.51. The topological polar surface area (TPSA) is 56.5 Å². The number of unbranched alkanes of at least 4 members (excludes halogenated alkanes) is 2. The molecule has 0 spiro atoms. The van der Waals surface area contributed by atoms with Crippen molar-refractivity contribution in [3.05, 3.63) is 59.2 Å². The molecule has 0 amide bonds. The second kappa shape index (κ2) is 10.8. The molecule has 0 radical (unpaired) electrons. The first kappa shape index (κ1) is 24.6. The molecule has 0 aromatic heterocycles. The third-order valence-corrected chi connectivity index (χ3v) is 8.08. The minimum absolute atomic E-state index is 0.0916. The molecule has 1 N–H and O–H groups in total. The van der Waals surface area contributed by atoms with E-state index in [9.17, 15) is 10.4 Å². The zero-order valence-corrected chi connectivity index (χ0v) is 21.1. The normalized spacial score (nSPS) is 23.0. The van der Waals surface area contributed by atoms with E-state index in [0.717, 1.165) is 42.0 Å². The molecule has 2 heterocycles. The summed E-state index contributed by atoms with van der Waals surface area (Å²) in [6, 6.07) is 17.2.